The van der Waals surface area contributed by atoms with Gasteiger partial charge in [-0.3, -0.25) is 9.59 Å². The van der Waals surface area contributed by atoms with Crippen LogP contribution in [0.15, 0.2) is 0 Å². The van der Waals surface area contributed by atoms with Crippen LogP contribution < -0.4 is 0 Å². The number of ether oxygens (including phenoxy) is 1. The Morgan fingerprint density at radius 3 is 1.19 bits per heavy atom. The maximum atomic E-state index is 12.3. The molecule has 36 heavy (non-hydrogen) atoms. The molecule has 0 aliphatic heterocycles. The van der Waals surface area contributed by atoms with Crippen LogP contribution in [0.2, 0.25) is 0 Å². The summed E-state index contributed by atoms with van der Waals surface area (Å²) in [6.07, 6.45) is 31.5. The first-order valence-electron chi connectivity index (χ1n) is 16.0. The number of carboxylic acid groups (broad SMARTS) is 1. The zero-order valence-electron chi connectivity index (χ0n) is 24.3. The summed E-state index contributed by atoms with van der Waals surface area (Å²) in [7, 11) is 0. The van der Waals surface area contributed by atoms with Crippen molar-refractivity contribution in [1.29, 1.82) is 0 Å². The Morgan fingerprint density at radius 2 is 0.833 bits per heavy atom. The van der Waals surface area contributed by atoms with Crippen molar-refractivity contribution in [1.82, 2.24) is 0 Å². The highest BCUT2D eigenvalue weighted by molar-refractivity contribution is 5.70. The molecule has 0 saturated carbocycles. The average Bonchev–Trinajstić information content (AvgIpc) is 2.86. The molecule has 0 aromatic carbocycles. The van der Waals surface area contributed by atoms with Crippen LogP contribution in [-0.2, 0) is 14.3 Å². The van der Waals surface area contributed by atoms with E-state index in [9.17, 15) is 9.59 Å². The summed E-state index contributed by atoms with van der Waals surface area (Å²) >= 11 is 0. The molecule has 0 heterocycles. The Hall–Kier alpha value is -1.06. The van der Waals surface area contributed by atoms with Gasteiger partial charge in [0.05, 0.1) is 0 Å². The molecule has 0 fully saturated rings. The smallest absolute Gasteiger partial charge is 0.306 e. The predicted molar refractivity (Wildman–Crippen MR) is 154 cm³/mol. The predicted octanol–water partition coefficient (Wildman–Crippen LogP) is 10.6. The first kappa shape index (κ1) is 34.9. The Kier molecular flexibility index (Phi) is 27.7. The minimum atomic E-state index is -0.793. The molecule has 1 atom stereocenters. The summed E-state index contributed by atoms with van der Waals surface area (Å²) in [5, 5.41) is 8.76. The molecule has 0 radical (unpaired) electrons. The highest BCUT2D eigenvalue weighted by Gasteiger charge is 2.14. The SMILES string of the molecule is CCCCCCCCCCCCCC(CCCCCCCCCCCC)OC(=O)CCCCC(=O)O. The number of carbonyl (C=O) groups excluding carboxylic acids is 1. The number of rotatable bonds is 29. The van der Waals surface area contributed by atoms with Crippen LogP contribution >= 0.6 is 0 Å². The van der Waals surface area contributed by atoms with Crippen molar-refractivity contribution >= 4 is 11.9 Å². The Bertz CT molecular complexity index is 477. The molecule has 0 aliphatic rings. The number of aliphatic carboxylic acids is 1. The van der Waals surface area contributed by atoms with E-state index in [1.807, 2.05) is 0 Å². The van der Waals surface area contributed by atoms with E-state index in [1.54, 1.807) is 0 Å². The molecule has 0 aromatic heterocycles. The Balaban J connectivity index is 4.01. The first-order valence-corrected chi connectivity index (χ1v) is 16.0. The topological polar surface area (TPSA) is 63.6 Å². The fraction of sp³-hybridized carbons (Fsp3) is 0.938. The lowest BCUT2D eigenvalue weighted by molar-refractivity contribution is -0.150. The number of hydrogen-bond donors (Lipinski definition) is 1. The van der Waals surface area contributed by atoms with Crippen molar-refractivity contribution in [2.24, 2.45) is 0 Å². The monoisotopic (exact) mass is 510 g/mol. The highest BCUT2D eigenvalue weighted by atomic mass is 16.5. The van der Waals surface area contributed by atoms with E-state index in [1.165, 1.54) is 122 Å². The third kappa shape index (κ3) is 27.5. The van der Waals surface area contributed by atoms with Crippen LogP contribution in [0.5, 0.6) is 0 Å². The van der Waals surface area contributed by atoms with Gasteiger partial charge in [-0.05, 0) is 38.5 Å². The summed E-state index contributed by atoms with van der Waals surface area (Å²) in [6, 6.07) is 0. The van der Waals surface area contributed by atoms with Gasteiger partial charge >= 0.3 is 11.9 Å². The molecule has 0 aromatic rings. The van der Waals surface area contributed by atoms with Gasteiger partial charge in [0.15, 0.2) is 0 Å². The third-order valence-electron chi connectivity index (χ3n) is 7.33. The van der Waals surface area contributed by atoms with Crippen LogP contribution in [0, 0.1) is 0 Å². The van der Waals surface area contributed by atoms with Crippen molar-refractivity contribution < 1.29 is 19.4 Å². The standard InChI is InChI=1S/C32H62O4/c1-3-5-7-9-11-13-15-17-19-21-23-27-30(36-32(35)29-25-24-28-31(33)34)26-22-20-18-16-14-12-10-8-6-4-2/h30H,3-29H2,1-2H3,(H,33,34). The van der Waals surface area contributed by atoms with Gasteiger partial charge < -0.3 is 9.84 Å². The van der Waals surface area contributed by atoms with Crippen LogP contribution in [-0.4, -0.2) is 23.1 Å². The quantitative estimate of drug-likeness (QED) is 0.0802. The van der Waals surface area contributed by atoms with E-state index in [0.29, 0.717) is 19.3 Å². The van der Waals surface area contributed by atoms with Crippen LogP contribution in [0.3, 0.4) is 0 Å². The van der Waals surface area contributed by atoms with E-state index < -0.39 is 5.97 Å². The number of hydrogen-bond acceptors (Lipinski definition) is 3. The summed E-state index contributed by atoms with van der Waals surface area (Å²) in [5.41, 5.74) is 0. The number of unbranched alkanes of at least 4 members (excludes halogenated alkanes) is 20. The lowest BCUT2D eigenvalue weighted by Gasteiger charge is -2.18. The maximum Gasteiger partial charge on any atom is 0.306 e. The van der Waals surface area contributed by atoms with Crippen molar-refractivity contribution in [2.45, 2.75) is 193 Å². The minimum Gasteiger partial charge on any atom is -0.481 e. The van der Waals surface area contributed by atoms with Gasteiger partial charge in [0.1, 0.15) is 6.10 Å². The molecule has 1 N–H and O–H groups in total. The minimum absolute atomic E-state index is 0.0459. The number of esters is 1. The van der Waals surface area contributed by atoms with Crippen molar-refractivity contribution in [3.63, 3.8) is 0 Å². The Morgan fingerprint density at radius 1 is 0.500 bits per heavy atom. The summed E-state index contributed by atoms with van der Waals surface area (Å²) < 4.78 is 5.85. The summed E-state index contributed by atoms with van der Waals surface area (Å²) in [5.74, 6) is -0.931. The fourth-order valence-corrected chi connectivity index (χ4v) is 4.95. The lowest BCUT2D eigenvalue weighted by atomic mass is 10.0. The third-order valence-corrected chi connectivity index (χ3v) is 7.33. The number of carboxylic acids is 1. The van der Waals surface area contributed by atoms with Crippen LogP contribution in [0.25, 0.3) is 0 Å². The van der Waals surface area contributed by atoms with Crippen molar-refractivity contribution in [2.75, 3.05) is 0 Å². The van der Waals surface area contributed by atoms with E-state index in [0.717, 1.165) is 25.7 Å². The second kappa shape index (κ2) is 28.5. The van der Waals surface area contributed by atoms with Crippen LogP contribution in [0.4, 0.5) is 0 Å². The van der Waals surface area contributed by atoms with E-state index in [-0.39, 0.29) is 18.5 Å². The molecule has 0 spiro atoms. The fourth-order valence-electron chi connectivity index (χ4n) is 4.95. The Labute approximate surface area is 224 Å². The normalized spacial score (nSPS) is 12.1. The van der Waals surface area contributed by atoms with Gasteiger partial charge in [-0.2, -0.15) is 0 Å². The summed E-state index contributed by atoms with van der Waals surface area (Å²) in [6.45, 7) is 4.53. The molecule has 0 bridgehead atoms. The van der Waals surface area contributed by atoms with E-state index in [2.05, 4.69) is 13.8 Å². The molecule has 0 saturated heterocycles. The second-order valence-electron chi connectivity index (χ2n) is 11.0. The highest BCUT2D eigenvalue weighted by Crippen LogP contribution is 2.19. The van der Waals surface area contributed by atoms with Crippen LogP contribution in [0.1, 0.15) is 187 Å². The largest absolute Gasteiger partial charge is 0.481 e. The van der Waals surface area contributed by atoms with Gasteiger partial charge in [0.2, 0.25) is 0 Å². The molecular weight excluding hydrogens is 448 g/mol. The van der Waals surface area contributed by atoms with E-state index >= 15 is 0 Å². The molecular formula is C32H62O4. The maximum absolute atomic E-state index is 12.3. The van der Waals surface area contributed by atoms with Gasteiger partial charge in [0.25, 0.3) is 0 Å². The first-order chi connectivity index (χ1) is 17.6. The van der Waals surface area contributed by atoms with Gasteiger partial charge in [0, 0.05) is 12.8 Å². The molecule has 4 heteroatoms. The molecule has 4 nitrogen and oxygen atoms in total. The molecule has 214 valence electrons. The zero-order chi connectivity index (χ0) is 26.5. The molecule has 1 unspecified atom stereocenters. The molecule has 0 amide bonds. The summed E-state index contributed by atoms with van der Waals surface area (Å²) in [4.78, 5) is 23.0. The second-order valence-corrected chi connectivity index (χ2v) is 11.0. The van der Waals surface area contributed by atoms with Crippen molar-refractivity contribution in [3.05, 3.63) is 0 Å². The van der Waals surface area contributed by atoms with Gasteiger partial charge in [-0.25, -0.2) is 0 Å². The molecule has 0 aliphatic carbocycles. The molecule has 0 rings (SSSR count). The van der Waals surface area contributed by atoms with Gasteiger partial charge in [-0.1, -0.05) is 136 Å². The number of carbonyl (C=O) groups is 2. The van der Waals surface area contributed by atoms with E-state index in [4.69, 9.17) is 9.84 Å². The zero-order valence-corrected chi connectivity index (χ0v) is 24.3. The van der Waals surface area contributed by atoms with Gasteiger partial charge in [-0.15, -0.1) is 0 Å². The van der Waals surface area contributed by atoms with Crippen molar-refractivity contribution in [3.8, 4) is 0 Å². The lowest BCUT2D eigenvalue weighted by Crippen LogP contribution is -2.18. The average molecular weight is 511 g/mol.